The van der Waals surface area contributed by atoms with Crippen LogP contribution in [0.3, 0.4) is 0 Å². The maximum Gasteiger partial charge on any atom is 0.261 e. The van der Waals surface area contributed by atoms with Gasteiger partial charge in [-0.1, -0.05) is 11.6 Å². The minimum absolute atomic E-state index is 0.130. The number of nitrogen functional groups attached to an aromatic ring is 1. The smallest absolute Gasteiger partial charge is 0.261 e. The number of nitrogens with two attached hydrogens (primary N) is 1. The number of nitrogens with zero attached hydrogens (tertiary/aromatic N) is 2. The first-order valence-electron chi connectivity index (χ1n) is 4.47. The highest BCUT2D eigenvalue weighted by molar-refractivity contribution is 6.32. The molecule has 3 N–H and O–H groups in total. The Balaban J connectivity index is 2.29. The summed E-state index contributed by atoms with van der Waals surface area (Å²) in [5.41, 5.74) is 5.79. The lowest BCUT2D eigenvalue weighted by Gasteiger charge is -2.08. The van der Waals surface area contributed by atoms with Gasteiger partial charge in [0.05, 0.1) is 6.61 Å². The average Bonchev–Trinajstić information content (AvgIpc) is 2.23. The van der Waals surface area contributed by atoms with Gasteiger partial charge in [-0.2, -0.15) is 0 Å². The lowest BCUT2D eigenvalue weighted by atomic mass is 10.5. The third-order valence-electron chi connectivity index (χ3n) is 1.62. The van der Waals surface area contributed by atoms with Crippen molar-refractivity contribution in [1.29, 1.82) is 0 Å². The van der Waals surface area contributed by atoms with Crippen molar-refractivity contribution in [3.8, 4) is 0 Å². The van der Waals surface area contributed by atoms with Gasteiger partial charge < -0.3 is 15.8 Å². The normalized spacial score (nSPS) is 10.8. The van der Waals surface area contributed by atoms with Crippen LogP contribution in [-0.4, -0.2) is 36.2 Å². The Hall–Kier alpha value is -1.21. The van der Waals surface area contributed by atoms with Crippen molar-refractivity contribution in [2.45, 2.75) is 6.43 Å². The molecule has 1 aromatic heterocycles. The van der Waals surface area contributed by atoms with Crippen LogP contribution in [0.1, 0.15) is 0 Å². The number of anilines is 2. The molecule has 0 aliphatic rings. The van der Waals surface area contributed by atoms with Gasteiger partial charge in [-0.3, -0.25) is 0 Å². The molecule has 0 unspecified atom stereocenters. The van der Waals surface area contributed by atoms with Crippen molar-refractivity contribution in [2.75, 3.05) is 30.8 Å². The van der Waals surface area contributed by atoms with Crippen LogP contribution in [0.4, 0.5) is 20.3 Å². The summed E-state index contributed by atoms with van der Waals surface area (Å²) >= 11 is 5.65. The molecule has 90 valence electrons. The Morgan fingerprint density at radius 1 is 1.50 bits per heavy atom. The van der Waals surface area contributed by atoms with Crippen LogP contribution in [-0.2, 0) is 4.74 Å². The molecule has 1 heterocycles. The number of aromatic nitrogens is 2. The highest BCUT2D eigenvalue weighted by atomic mass is 35.5. The van der Waals surface area contributed by atoms with Crippen LogP contribution in [0.15, 0.2) is 6.33 Å². The summed E-state index contributed by atoms with van der Waals surface area (Å²) in [5.74, 6) is 0.362. The number of nitrogens with one attached hydrogen (secondary N) is 1. The molecular formula is C8H11ClF2N4O. The Morgan fingerprint density at radius 3 is 2.94 bits per heavy atom. The SMILES string of the molecule is Nc1c(Cl)ncnc1NCCOCC(F)F. The number of hydrogen-bond donors (Lipinski definition) is 2. The molecule has 0 amide bonds. The van der Waals surface area contributed by atoms with E-state index in [-0.39, 0.29) is 17.4 Å². The first-order valence-corrected chi connectivity index (χ1v) is 4.84. The fraction of sp³-hybridized carbons (Fsp3) is 0.500. The van der Waals surface area contributed by atoms with Gasteiger partial charge in [-0.25, -0.2) is 18.7 Å². The van der Waals surface area contributed by atoms with E-state index in [2.05, 4.69) is 20.0 Å². The lowest BCUT2D eigenvalue weighted by Crippen LogP contribution is -2.14. The van der Waals surface area contributed by atoms with Gasteiger partial charge in [0, 0.05) is 6.54 Å². The van der Waals surface area contributed by atoms with Crippen LogP contribution < -0.4 is 11.1 Å². The van der Waals surface area contributed by atoms with Crippen molar-refractivity contribution in [2.24, 2.45) is 0 Å². The molecule has 8 heteroatoms. The molecule has 0 aliphatic carbocycles. The predicted molar refractivity (Wildman–Crippen MR) is 56.8 cm³/mol. The summed E-state index contributed by atoms with van der Waals surface area (Å²) in [6, 6.07) is 0. The van der Waals surface area contributed by atoms with E-state index in [1.165, 1.54) is 6.33 Å². The van der Waals surface area contributed by atoms with Crippen LogP contribution in [0.5, 0.6) is 0 Å². The highest BCUT2D eigenvalue weighted by Crippen LogP contribution is 2.21. The number of rotatable bonds is 6. The van der Waals surface area contributed by atoms with Crippen molar-refractivity contribution >= 4 is 23.1 Å². The van der Waals surface area contributed by atoms with E-state index in [1.54, 1.807) is 0 Å². The molecule has 0 saturated carbocycles. The number of hydrogen-bond acceptors (Lipinski definition) is 5. The van der Waals surface area contributed by atoms with Crippen molar-refractivity contribution < 1.29 is 13.5 Å². The number of alkyl halides is 2. The quantitative estimate of drug-likeness (QED) is 0.592. The monoisotopic (exact) mass is 252 g/mol. The summed E-state index contributed by atoms with van der Waals surface area (Å²) in [6.07, 6.45) is -1.21. The zero-order valence-corrected chi connectivity index (χ0v) is 9.05. The summed E-state index contributed by atoms with van der Waals surface area (Å²) in [4.78, 5) is 7.50. The molecule has 0 aliphatic heterocycles. The predicted octanol–water partition coefficient (Wildman–Crippen LogP) is 1.41. The Kier molecular flexibility index (Phi) is 5.13. The Labute approximate surface area is 96.0 Å². The van der Waals surface area contributed by atoms with Gasteiger partial charge in [0.2, 0.25) is 0 Å². The van der Waals surface area contributed by atoms with Crippen LogP contribution >= 0.6 is 11.6 Å². The maximum atomic E-state index is 11.7. The fourth-order valence-corrected chi connectivity index (χ4v) is 1.06. The second kappa shape index (κ2) is 6.39. The molecule has 0 atom stereocenters. The van der Waals surface area contributed by atoms with Crippen molar-refractivity contribution in [1.82, 2.24) is 9.97 Å². The van der Waals surface area contributed by atoms with E-state index in [9.17, 15) is 8.78 Å². The second-order valence-electron chi connectivity index (χ2n) is 2.82. The standard InChI is InChI=1S/C8H11ClF2N4O/c9-7-6(12)8(15-4-14-7)13-1-2-16-3-5(10)11/h4-5H,1-3,12H2,(H,13,14,15). The van der Waals surface area contributed by atoms with E-state index < -0.39 is 13.0 Å². The van der Waals surface area contributed by atoms with E-state index in [4.69, 9.17) is 17.3 Å². The van der Waals surface area contributed by atoms with Gasteiger partial charge in [-0.15, -0.1) is 0 Å². The second-order valence-corrected chi connectivity index (χ2v) is 3.18. The van der Waals surface area contributed by atoms with Gasteiger partial charge in [-0.05, 0) is 0 Å². The van der Waals surface area contributed by atoms with Gasteiger partial charge >= 0.3 is 0 Å². The number of halogens is 3. The topological polar surface area (TPSA) is 73.1 Å². The molecule has 0 bridgehead atoms. The third-order valence-corrected chi connectivity index (χ3v) is 1.92. The van der Waals surface area contributed by atoms with E-state index in [0.717, 1.165) is 0 Å². The summed E-state index contributed by atoms with van der Waals surface area (Å²) in [6.45, 7) is -0.142. The molecular weight excluding hydrogens is 242 g/mol. The Morgan fingerprint density at radius 2 is 2.25 bits per heavy atom. The molecule has 0 spiro atoms. The van der Waals surface area contributed by atoms with Crippen LogP contribution in [0.2, 0.25) is 5.15 Å². The van der Waals surface area contributed by atoms with Crippen LogP contribution in [0, 0.1) is 0 Å². The molecule has 0 aromatic carbocycles. The van der Waals surface area contributed by atoms with E-state index in [1.807, 2.05) is 0 Å². The maximum absolute atomic E-state index is 11.7. The van der Waals surface area contributed by atoms with Crippen molar-refractivity contribution in [3.63, 3.8) is 0 Å². The lowest BCUT2D eigenvalue weighted by molar-refractivity contribution is 0.0215. The minimum atomic E-state index is -2.46. The van der Waals surface area contributed by atoms with Crippen LogP contribution in [0.25, 0.3) is 0 Å². The molecule has 16 heavy (non-hydrogen) atoms. The number of ether oxygens (including phenoxy) is 1. The first-order chi connectivity index (χ1) is 7.61. The third kappa shape index (κ3) is 4.11. The molecule has 1 rings (SSSR count). The van der Waals surface area contributed by atoms with Crippen molar-refractivity contribution in [3.05, 3.63) is 11.5 Å². The van der Waals surface area contributed by atoms with Gasteiger partial charge in [0.15, 0.2) is 11.0 Å². The molecule has 0 saturated heterocycles. The summed E-state index contributed by atoms with van der Waals surface area (Å²) in [5, 5.41) is 2.94. The highest BCUT2D eigenvalue weighted by Gasteiger charge is 2.05. The molecule has 0 radical (unpaired) electrons. The zero-order valence-electron chi connectivity index (χ0n) is 8.29. The summed E-state index contributed by atoms with van der Waals surface area (Å²) in [7, 11) is 0. The minimum Gasteiger partial charge on any atom is -0.393 e. The molecule has 5 nitrogen and oxygen atoms in total. The average molecular weight is 253 g/mol. The Bertz CT molecular complexity index is 340. The summed E-state index contributed by atoms with van der Waals surface area (Å²) < 4.78 is 28.1. The van der Waals surface area contributed by atoms with E-state index >= 15 is 0 Å². The zero-order chi connectivity index (χ0) is 12.0. The first kappa shape index (κ1) is 12.9. The molecule has 1 aromatic rings. The van der Waals surface area contributed by atoms with Gasteiger partial charge in [0.25, 0.3) is 6.43 Å². The fourth-order valence-electron chi connectivity index (χ4n) is 0.929. The van der Waals surface area contributed by atoms with Gasteiger partial charge in [0.1, 0.15) is 18.6 Å². The van der Waals surface area contributed by atoms with E-state index in [0.29, 0.717) is 12.4 Å². The largest absolute Gasteiger partial charge is 0.393 e. The molecule has 0 fully saturated rings.